The maximum Gasteiger partial charge on any atom is 0.341 e. The van der Waals surface area contributed by atoms with E-state index in [0.717, 1.165) is 16.2 Å². The Hall–Kier alpha value is -3.31. The predicted molar refractivity (Wildman–Crippen MR) is 137 cm³/mol. The lowest BCUT2D eigenvalue weighted by Gasteiger charge is -2.16. The van der Waals surface area contributed by atoms with Gasteiger partial charge in [-0.05, 0) is 50.6 Å². The summed E-state index contributed by atoms with van der Waals surface area (Å²) in [5, 5.41) is 12.4. The van der Waals surface area contributed by atoms with E-state index in [1.165, 1.54) is 30.2 Å². The molecule has 0 saturated carbocycles. The Morgan fingerprint density at radius 2 is 1.89 bits per heavy atom. The number of methoxy groups -OCH3 is 2. The average molecular weight is 517 g/mol. The summed E-state index contributed by atoms with van der Waals surface area (Å²) in [6.45, 7) is 9.88. The summed E-state index contributed by atoms with van der Waals surface area (Å²) >= 11 is 2.58. The molecular weight excluding hydrogens is 488 g/mol. The minimum Gasteiger partial charge on any atom is -0.497 e. The van der Waals surface area contributed by atoms with Gasteiger partial charge in [0.2, 0.25) is 5.91 Å². The van der Waals surface area contributed by atoms with Crippen LogP contribution in [0.2, 0.25) is 0 Å². The number of carbonyl (C=O) groups excluding carboxylic acids is 2. The summed E-state index contributed by atoms with van der Waals surface area (Å²) in [5.74, 6) is 1.36. The smallest absolute Gasteiger partial charge is 0.341 e. The van der Waals surface area contributed by atoms with Crippen molar-refractivity contribution in [3.8, 4) is 11.5 Å². The number of thioether (sulfide) groups is 1. The molecule has 3 rings (SSSR count). The molecule has 2 aromatic heterocycles. The minimum absolute atomic E-state index is 0.0829. The number of nitrogens with zero attached hydrogens (tertiary/aromatic N) is 3. The molecule has 1 aromatic carbocycles. The van der Waals surface area contributed by atoms with Gasteiger partial charge in [0.15, 0.2) is 17.1 Å². The highest BCUT2D eigenvalue weighted by Crippen LogP contribution is 2.33. The number of ether oxygens (including phenoxy) is 3. The van der Waals surface area contributed by atoms with Crippen LogP contribution in [0.1, 0.15) is 39.7 Å². The van der Waals surface area contributed by atoms with E-state index < -0.39 is 12.1 Å². The fraction of sp³-hybridized carbons (Fsp3) is 0.333. The first kappa shape index (κ1) is 26.3. The molecule has 0 saturated heterocycles. The number of anilines is 1. The number of carbonyl (C=O) groups is 2. The van der Waals surface area contributed by atoms with Crippen molar-refractivity contribution in [2.75, 3.05) is 25.3 Å². The number of aromatic nitrogens is 3. The average Bonchev–Trinajstić information content (AvgIpc) is 3.37. The molecule has 0 fully saturated rings. The highest BCUT2D eigenvalue weighted by atomic mass is 32.2. The maximum absolute atomic E-state index is 12.7. The maximum atomic E-state index is 12.7. The van der Waals surface area contributed by atoms with Crippen molar-refractivity contribution in [3.63, 3.8) is 0 Å². The number of hydrogen-bond acceptors (Lipinski definition) is 9. The van der Waals surface area contributed by atoms with Gasteiger partial charge >= 0.3 is 5.97 Å². The van der Waals surface area contributed by atoms with Crippen molar-refractivity contribution in [3.05, 3.63) is 58.7 Å². The van der Waals surface area contributed by atoms with Gasteiger partial charge in [0.25, 0.3) is 0 Å². The molecule has 1 N–H and O–H groups in total. The van der Waals surface area contributed by atoms with Crippen LogP contribution in [0.25, 0.3) is 0 Å². The molecule has 3 aromatic rings. The molecule has 11 heteroatoms. The van der Waals surface area contributed by atoms with Crippen molar-refractivity contribution < 1.29 is 23.8 Å². The largest absolute Gasteiger partial charge is 0.497 e. The first-order valence-electron chi connectivity index (χ1n) is 10.7. The molecule has 0 spiro atoms. The van der Waals surface area contributed by atoms with Crippen LogP contribution in [-0.4, -0.2) is 46.6 Å². The summed E-state index contributed by atoms with van der Waals surface area (Å²) in [6.07, 6.45) is 1.34. The molecule has 1 amide bonds. The van der Waals surface area contributed by atoms with E-state index in [4.69, 9.17) is 14.2 Å². The van der Waals surface area contributed by atoms with E-state index in [1.54, 1.807) is 13.2 Å². The molecular formula is C24H28N4O5S2. The molecule has 35 heavy (non-hydrogen) atoms. The van der Waals surface area contributed by atoms with Gasteiger partial charge in [0, 0.05) is 11.4 Å². The van der Waals surface area contributed by atoms with Gasteiger partial charge < -0.3 is 19.5 Å². The molecule has 0 radical (unpaired) electrons. The third kappa shape index (κ3) is 6.23. The quantitative estimate of drug-likeness (QED) is 0.220. The topological polar surface area (TPSA) is 105 Å². The van der Waals surface area contributed by atoms with Crippen LogP contribution in [-0.2, 0) is 16.1 Å². The lowest BCUT2D eigenvalue weighted by molar-refractivity contribution is -0.113. The van der Waals surface area contributed by atoms with Crippen LogP contribution in [0.3, 0.4) is 0 Å². The van der Waals surface area contributed by atoms with Crippen molar-refractivity contribution in [1.82, 2.24) is 14.8 Å². The standard InChI is InChI=1S/C24H28N4O5S2/c1-7-12-28-21(15(3)33-18-10-8-17(31-5)9-11-18)26-27-24(28)34-13-19(29)25-22-20(23(30)32-6)14(2)16(4)35-22/h7-11,15H,1,12-13H2,2-6H3,(H,25,29). The Bertz CT molecular complexity index is 1200. The molecule has 9 nitrogen and oxygen atoms in total. The fourth-order valence-corrected chi connectivity index (χ4v) is 5.09. The third-order valence-corrected chi connectivity index (χ3v) is 7.24. The zero-order valence-electron chi connectivity index (χ0n) is 20.3. The van der Waals surface area contributed by atoms with Crippen molar-refractivity contribution in [1.29, 1.82) is 0 Å². The van der Waals surface area contributed by atoms with Crippen molar-refractivity contribution >= 4 is 40.0 Å². The van der Waals surface area contributed by atoms with Gasteiger partial charge in [-0.15, -0.1) is 28.1 Å². The third-order valence-electron chi connectivity index (χ3n) is 5.15. The Balaban J connectivity index is 1.69. The van der Waals surface area contributed by atoms with Crippen LogP contribution in [0.4, 0.5) is 5.00 Å². The molecule has 1 unspecified atom stereocenters. The number of rotatable bonds is 11. The fourth-order valence-electron chi connectivity index (χ4n) is 3.28. The Morgan fingerprint density at radius 1 is 1.20 bits per heavy atom. The van der Waals surface area contributed by atoms with E-state index in [9.17, 15) is 9.59 Å². The number of benzene rings is 1. The zero-order chi connectivity index (χ0) is 25.5. The number of nitrogens with one attached hydrogen (secondary N) is 1. The van der Waals surface area contributed by atoms with Gasteiger partial charge in [0.1, 0.15) is 16.5 Å². The predicted octanol–water partition coefficient (Wildman–Crippen LogP) is 4.81. The molecule has 0 aliphatic heterocycles. The number of hydrogen-bond donors (Lipinski definition) is 1. The van der Waals surface area contributed by atoms with E-state index in [2.05, 4.69) is 22.1 Å². The summed E-state index contributed by atoms with van der Waals surface area (Å²) in [6, 6.07) is 7.28. The van der Waals surface area contributed by atoms with Gasteiger partial charge in [-0.25, -0.2) is 4.79 Å². The van der Waals surface area contributed by atoms with Crippen LogP contribution < -0.4 is 14.8 Å². The lowest BCUT2D eigenvalue weighted by Crippen LogP contribution is -2.17. The van der Waals surface area contributed by atoms with E-state index >= 15 is 0 Å². The Kier molecular flexibility index (Phi) is 8.94. The minimum atomic E-state index is -0.476. The SMILES string of the molecule is C=CCn1c(SCC(=O)Nc2sc(C)c(C)c2C(=O)OC)nnc1C(C)Oc1ccc(OC)cc1. The summed E-state index contributed by atoms with van der Waals surface area (Å²) in [5.41, 5.74) is 1.18. The van der Waals surface area contributed by atoms with Crippen LogP contribution in [0.5, 0.6) is 11.5 Å². The van der Waals surface area contributed by atoms with Crippen LogP contribution in [0, 0.1) is 13.8 Å². The second-order valence-electron chi connectivity index (χ2n) is 7.49. The number of esters is 1. The van der Waals surface area contributed by atoms with Gasteiger partial charge in [-0.1, -0.05) is 17.8 Å². The zero-order valence-corrected chi connectivity index (χ0v) is 21.9. The number of thiophene rings is 1. The van der Waals surface area contributed by atoms with E-state index in [-0.39, 0.29) is 11.7 Å². The first-order chi connectivity index (χ1) is 16.8. The van der Waals surface area contributed by atoms with Crippen LogP contribution in [0.15, 0.2) is 42.1 Å². The van der Waals surface area contributed by atoms with Crippen molar-refractivity contribution in [2.24, 2.45) is 0 Å². The second kappa shape index (κ2) is 11.9. The number of aryl methyl sites for hydroxylation is 1. The second-order valence-corrected chi connectivity index (χ2v) is 9.66. The molecule has 0 aliphatic rings. The van der Waals surface area contributed by atoms with Crippen molar-refractivity contribution in [2.45, 2.75) is 38.6 Å². The monoisotopic (exact) mass is 516 g/mol. The number of amides is 1. The molecule has 0 bridgehead atoms. The lowest BCUT2D eigenvalue weighted by atomic mass is 10.1. The summed E-state index contributed by atoms with van der Waals surface area (Å²) in [7, 11) is 2.93. The summed E-state index contributed by atoms with van der Waals surface area (Å²) < 4.78 is 17.9. The van der Waals surface area contributed by atoms with Gasteiger partial charge in [0.05, 0.1) is 25.5 Å². The van der Waals surface area contributed by atoms with Gasteiger partial charge in [-0.2, -0.15) is 0 Å². The van der Waals surface area contributed by atoms with E-state index in [1.807, 2.05) is 49.6 Å². The summed E-state index contributed by atoms with van der Waals surface area (Å²) in [4.78, 5) is 25.8. The highest BCUT2D eigenvalue weighted by molar-refractivity contribution is 7.99. The van der Waals surface area contributed by atoms with E-state index in [0.29, 0.717) is 33.8 Å². The molecule has 1 atom stereocenters. The molecule has 0 aliphatic carbocycles. The molecule has 2 heterocycles. The Morgan fingerprint density at radius 3 is 2.51 bits per heavy atom. The Labute approximate surface area is 212 Å². The van der Waals surface area contributed by atoms with Crippen LogP contribution >= 0.6 is 23.1 Å². The van der Waals surface area contributed by atoms with Gasteiger partial charge in [-0.3, -0.25) is 9.36 Å². The normalized spacial score (nSPS) is 11.6. The number of allylic oxidation sites excluding steroid dienone is 1. The molecule has 186 valence electrons. The first-order valence-corrected chi connectivity index (χ1v) is 12.5. The highest BCUT2D eigenvalue weighted by Gasteiger charge is 2.23.